The van der Waals surface area contributed by atoms with Crippen LogP contribution in [0.25, 0.3) is 0 Å². The molecule has 1 atom stereocenters. The molecule has 1 aliphatic heterocycles. The second-order valence-corrected chi connectivity index (χ2v) is 7.16. The third-order valence-corrected chi connectivity index (χ3v) is 5.02. The summed E-state index contributed by atoms with van der Waals surface area (Å²) >= 11 is 0. The lowest BCUT2D eigenvalue weighted by Crippen LogP contribution is -2.34. The van der Waals surface area contributed by atoms with Crippen molar-refractivity contribution in [2.45, 2.75) is 13.3 Å². The number of carbonyl (C=O) groups excluding carboxylic acids is 2. The number of ether oxygens (including phenoxy) is 3. The molecule has 8 heteroatoms. The molecule has 0 bridgehead atoms. The van der Waals surface area contributed by atoms with E-state index in [1.54, 1.807) is 17.0 Å². The molecule has 160 valence electrons. The summed E-state index contributed by atoms with van der Waals surface area (Å²) in [5.74, 6) is 1.45. The topological polar surface area (TPSA) is 89.1 Å². The predicted octanol–water partition coefficient (Wildman–Crippen LogP) is 3.20. The van der Waals surface area contributed by atoms with Crippen molar-refractivity contribution in [1.29, 1.82) is 0 Å². The molecule has 1 saturated heterocycles. The number of anilines is 2. The molecule has 8 nitrogen and oxygen atoms in total. The van der Waals surface area contributed by atoms with Crippen molar-refractivity contribution in [3.05, 3.63) is 42.0 Å². The minimum absolute atomic E-state index is 0.0458. The van der Waals surface area contributed by atoms with E-state index < -0.39 is 0 Å². The van der Waals surface area contributed by atoms with Crippen LogP contribution in [0.2, 0.25) is 0 Å². The van der Waals surface area contributed by atoms with E-state index in [4.69, 9.17) is 14.2 Å². The van der Waals surface area contributed by atoms with Gasteiger partial charge in [0.15, 0.2) is 11.5 Å². The lowest BCUT2D eigenvalue weighted by Gasteiger charge is -2.17. The first-order chi connectivity index (χ1) is 14.4. The average Bonchev–Trinajstić information content (AvgIpc) is 3.12. The van der Waals surface area contributed by atoms with E-state index in [-0.39, 0.29) is 17.9 Å². The molecule has 2 N–H and O–H groups in total. The smallest absolute Gasteiger partial charge is 0.319 e. The Kier molecular flexibility index (Phi) is 6.66. The number of rotatable bonds is 7. The van der Waals surface area contributed by atoms with Crippen molar-refractivity contribution in [3.8, 4) is 17.2 Å². The van der Waals surface area contributed by atoms with E-state index in [1.807, 2.05) is 31.2 Å². The van der Waals surface area contributed by atoms with Gasteiger partial charge in [0, 0.05) is 43.2 Å². The number of nitrogens with zero attached hydrogens (tertiary/aromatic N) is 1. The van der Waals surface area contributed by atoms with Crippen LogP contribution < -0.4 is 29.7 Å². The van der Waals surface area contributed by atoms with Crippen molar-refractivity contribution in [1.82, 2.24) is 5.32 Å². The lowest BCUT2D eigenvalue weighted by molar-refractivity contribution is -0.117. The Bertz CT molecular complexity index is 888. The zero-order valence-corrected chi connectivity index (χ0v) is 17.7. The van der Waals surface area contributed by atoms with Gasteiger partial charge in [0.25, 0.3) is 0 Å². The Balaban J connectivity index is 1.57. The number of hydrogen-bond acceptors (Lipinski definition) is 5. The maximum absolute atomic E-state index is 12.4. The zero-order valence-electron chi connectivity index (χ0n) is 17.7. The second kappa shape index (κ2) is 9.39. The maximum Gasteiger partial charge on any atom is 0.319 e. The molecule has 1 heterocycles. The van der Waals surface area contributed by atoms with Crippen LogP contribution in [-0.4, -0.2) is 46.4 Å². The van der Waals surface area contributed by atoms with Gasteiger partial charge in [-0.3, -0.25) is 4.79 Å². The molecular formula is C22H27N3O5. The highest BCUT2D eigenvalue weighted by Crippen LogP contribution is 2.39. The van der Waals surface area contributed by atoms with Crippen LogP contribution in [0.5, 0.6) is 17.2 Å². The van der Waals surface area contributed by atoms with E-state index in [0.717, 1.165) is 11.3 Å². The third kappa shape index (κ3) is 4.76. The fourth-order valence-electron chi connectivity index (χ4n) is 3.46. The van der Waals surface area contributed by atoms with Gasteiger partial charge >= 0.3 is 6.03 Å². The minimum atomic E-state index is -0.370. The number of nitrogens with one attached hydrogen (secondary N) is 2. The van der Waals surface area contributed by atoms with E-state index >= 15 is 0 Å². The quantitative estimate of drug-likeness (QED) is 0.728. The van der Waals surface area contributed by atoms with Crippen LogP contribution in [0.4, 0.5) is 16.2 Å². The van der Waals surface area contributed by atoms with Gasteiger partial charge in [0.05, 0.1) is 27.0 Å². The first-order valence-corrected chi connectivity index (χ1v) is 9.67. The summed E-state index contributed by atoms with van der Waals surface area (Å²) in [6.07, 6.45) is 0.401. The van der Waals surface area contributed by atoms with Gasteiger partial charge in [-0.15, -0.1) is 0 Å². The molecule has 0 unspecified atom stereocenters. The molecule has 2 aromatic carbocycles. The third-order valence-electron chi connectivity index (χ3n) is 5.02. The van der Waals surface area contributed by atoms with E-state index in [0.29, 0.717) is 42.4 Å². The zero-order chi connectivity index (χ0) is 21.7. The Morgan fingerprint density at radius 3 is 2.27 bits per heavy atom. The van der Waals surface area contributed by atoms with Crippen molar-refractivity contribution >= 4 is 23.3 Å². The van der Waals surface area contributed by atoms with Gasteiger partial charge in [-0.1, -0.05) is 17.7 Å². The van der Waals surface area contributed by atoms with Crippen LogP contribution >= 0.6 is 0 Å². The van der Waals surface area contributed by atoms with Gasteiger partial charge in [0.2, 0.25) is 11.7 Å². The molecule has 3 amide bonds. The number of benzene rings is 2. The molecule has 0 aliphatic carbocycles. The summed E-state index contributed by atoms with van der Waals surface area (Å²) in [5, 5.41) is 5.60. The van der Waals surface area contributed by atoms with Crippen LogP contribution in [0.1, 0.15) is 12.0 Å². The summed E-state index contributed by atoms with van der Waals surface area (Å²) in [7, 11) is 4.54. The number of methoxy groups -OCH3 is 3. The van der Waals surface area contributed by atoms with Gasteiger partial charge in [-0.2, -0.15) is 0 Å². The first kappa shape index (κ1) is 21.3. The SMILES string of the molecule is COc1cc(NC(=O)NC[C@H]2CC(=O)N(c3ccc(C)cc3)C2)cc(OC)c1OC. The largest absolute Gasteiger partial charge is 0.493 e. The Morgan fingerprint density at radius 2 is 1.70 bits per heavy atom. The van der Waals surface area contributed by atoms with Crippen molar-refractivity contribution in [3.63, 3.8) is 0 Å². The van der Waals surface area contributed by atoms with Crippen molar-refractivity contribution in [2.24, 2.45) is 5.92 Å². The van der Waals surface area contributed by atoms with E-state index in [1.165, 1.54) is 21.3 Å². The summed E-state index contributed by atoms with van der Waals surface area (Å²) in [6.45, 7) is 2.98. The number of aryl methyl sites for hydroxylation is 1. The van der Waals surface area contributed by atoms with Gasteiger partial charge in [0.1, 0.15) is 0 Å². The molecule has 0 spiro atoms. The summed E-state index contributed by atoms with van der Waals surface area (Å²) in [4.78, 5) is 26.5. The molecule has 1 fully saturated rings. The highest BCUT2D eigenvalue weighted by molar-refractivity contribution is 5.96. The lowest BCUT2D eigenvalue weighted by atomic mass is 10.1. The molecule has 1 aliphatic rings. The first-order valence-electron chi connectivity index (χ1n) is 9.67. The summed E-state index contributed by atoms with van der Waals surface area (Å²) in [6, 6.07) is 10.8. The number of urea groups is 1. The van der Waals surface area contributed by atoms with Crippen molar-refractivity contribution in [2.75, 3.05) is 44.6 Å². The summed E-state index contributed by atoms with van der Waals surface area (Å²) in [5.41, 5.74) is 2.54. The Morgan fingerprint density at radius 1 is 1.07 bits per heavy atom. The van der Waals surface area contributed by atoms with E-state index in [2.05, 4.69) is 10.6 Å². The standard InChI is InChI=1S/C22H27N3O5/c1-14-5-7-17(8-6-14)25-13-15(9-20(25)26)12-23-22(27)24-16-10-18(28-2)21(30-4)19(11-16)29-3/h5-8,10-11,15H,9,12-13H2,1-4H3,(H2,23,24,27)/t15-/m1/s1. The molecular weight excluding hydrogens is 386 g/mol. The normalized spacial score (nSPS) is 15.7. The maximum atomic E-state index is 12.4. The Hall–Kier alpha value is -3.42. The van der Waals surface area contributed by atoms with Gasteiger partial charge in [-0.25, -0.2) is 4.79 Å². The molecule has 0 radical (unpaired) electrons. The predicted molar refractivity (Wildman–Crippen MR) is 115 cm³/mol. The number of amides is 3. The van der Waals surface area contributed by atoms with Crippen LogP contribution in [0.3, 0.4) is 0 Å². The minimum Gasteiger partial charge on any atom is -0.493 e. The van der Waals surface area contributed by atoms with Crippen LogP contribution in [-0.2, 0) is 4.79 Å². The van der Waals surface area contributed by atoms with Crippen LogP contribution in [0, 0.1) is 12.8 Å². The van der Waals surface area contributed by atoms with Crippen molar-refractivity contribution < 1.29 is 23.8 Å². The Labute approximate surface area is 176 Å². The molecule has 30 heavy (non-hydrogen) atoms. The van der Waals surface area contributed by atoms with E-state index in [9.17, 15) is 9.59 Å². The second-order valence-electron chi connectivity index (χ2n) is 7.16. The average molecular weight is 413 g/mol. The fourth-order valence-corrected chi connectivity index (χ4v) is 3.46. The number of carbonyl (C=O) groups is 2. The van der Waals surface area contributed by atoms with Gasteiger partial charge < -0.3 is 29.7 Å². The summed E-state index contributed by atoms with van der Waals surface area (Å²) < 4.78 is 15.9. The highest BCUT2D eigenvalue weighted by Gasteiger charge is 2.30. The molecule has 0 aromatic heterocycles. The number of hydrogen-bond donors (Lipinski definition) is 2. The molecule has 3 rings (SSSR count). The molecule has 2 aromatic rings. The van der Waals surface area contributed by atoms with Gasteiger partial charge in [-0.05, 0) is 19.1 Å². The van der Waals surface area contributed by atoms with Crippen LogP contribution in [0.15, 0.2) is 36.4 Å². The monoisotopic (exact) mass is 413 g/mol. The fraction of sp³-hybridized carbons (Fsp3) is 0.364. The highest BCUT2D eigenvalue weighted by atomic mass is 16.5. The molecule has 0 saturated carbocycles.